The molecule has 7 nitrogen and oxygen atoms in total. The molecule has 0 atom stereocenters. The van der Waals surface area contributed by atoms with Gasteiger partial charge in [-0.2, -0.15) is 5.10 Å². The maximum atomic E-state index is 12.1. The highest BCUT2D eigenvalue weighted by atomic mass is 16.5. The summed E-state index contributed by atoms with van der Waals surface area (Å²) in [4.78, 5) is 23.5. The predicted octanol–water partition coefficient (Wildman–Crippen LogP) is 2.95. The number of carboxylic acids is 1. The first-order valence-electron chi connectivity index (χ1n) is 10.3. The molecule has 2 aromatic rings. The van der Waals surface area contributed by atoms with Crippen LogP contribution in [0.15, 0.2) is 47.4 Å². The second kappa shape index (κ2) is 9.71. The molecule has 0 spiro atoms. The molecule has 1 aliphatic carbocycles. The third-order valence-corrected chi connectivity index (χ3v) is 5.64. The van der Waals surface area contributed by atoms with Crippen molar-refractivity contribution in [3.8, 4) is 5.75 Å². The van der Waals surface area contributed by atoms with Crippen LogP contribution in [-0.4, -0.2) is 34.0 Å². The van der Waals surface area contributed by atoms with E-state index in [0.29, 0.717) is 25.3 Å². The van der Waals surface area contributed by atoms with Crippen molar-refractivity contribution in [1.29, 1.82) is 0 Å². The zero-order valence-electron chi connectivity index (χ0n) is 17.3. The van der Waals surface area contributed by atoms with Crippen molar-refractivity contribution in [3.63, 3.8) is 0 Å². The standard InChI is InChI=1S/C23H29N3O4/c1-17-15-26(25-20(21(17)27)22(28)29)16-23(9-2-3-10-23)14-18-7-6-8-19(13-18)30-12-5-4-11-24/h4-8,13,15H,2-3,9-12,14,16,24H2,1H3,(H,28,29)/b5-4+. The lowest BCUT2D eigenvalue weighted by atomic mass is 9.80. The second-order valence-corrected chi connectivity index (χ2v) is 8.04. The average Bonchev–Trinajstić information content (AvgIpc) is 3.16. The number of carboxylic acid groups (broad SMARTS) is 1. The number of carbonyl (C=O) groups is 1. The second-order valence-electron chi connectivity index (χ2n) is 8.04. The fourth-order valence-electron chi connectivity index (χ4n) is 4.24. The van der Waals surface area contributed by atoms with Crippen molar-refractivity contribution in [2.75, 3.05) is 13.2 Å². The van der Waals surface area contributed by atoms with E-state index < -0.39 is 17.1 Å². The fraction of sp³-hybridized carbons (Fsp3) is 0.435. The van der Waals surface area contributed by atoms with E-state index in [1.807, 2.05) is 24.3 Å². The molecule has 0 bridgehead atoms. The zero-order valence-corrected chi connectivity index (χ0v) is 17.3. The Morgan fingerprint density at radius 3 is 2.80 bits per heavy atom. The monoisotopic (exact) mass is 411 g/mol. The highest BCUT2D eigenvalue weighted by molar-refractivity contribution is 5.85. The van der Waals surface area contributed by atoms with Crippen molar-refractivity contribution in [1.82, 2.24) is 9.78 Å². The Hall–Kier alpha value is -2.93. The normalized spacial score (nSPS) is 15.5. The molecule has 1 heterocycles. The van der Waals surface area contributed by atoms with Gasteiger partial charge in [0.25, 0.3) is 0 Å². The summed E-state index contributed by atoms with van der Waals surface area (Å²) in [6.07, 6.45) is 10.6. The predicted molar refractivity (Wildman–Crippen MR) is 115 cm³/mol. The lowest BCUT2D eigenvalue weighted by Gasteiger charge is -2.30. The molecule has 1 aromatic carbocycles. The number of aromatic carboxylic acids is 1. The van der Waals surface area contributed by atoms with Crippen LogP contribution in [-0.2, 0) is 13.0 Å². The third-order valence-electron chi connectivity index (χ3n) is 5.64. The highest BCUT2D eigenvalue weighted by Gasteiger charge is 2.35. The van der Waals surface area contributed by atoms with E-state index in [0.717, 1.165) is 37.9 Å². The third kappa shape index (κ3) is 5.36. The molecule has 1 saturated carbocycles. The van der Waals surface area contributed by atoms with Crippen LogP contribution in [0, 0.1) is 12.3 Å². The van der Waals surface area contributed by atoms with Gasteiger partial charge in [-0.3, -0.25) is 9.48 Å². The maximum absolute atomic E-state index is 12.1. The Morgan fingerprint density at radius 1 is 1.33 bits per heavy atom. The van der Waals surface area contributed by atoms with E-state index in [4.69, 9.17) is 10.5 Å². The number of hydrogen-bond donors (Lipinski definition) is 2. The molecule has 0 amide bonds. The first kappa shape index (κ1) is 21.8. The van der Waals surface area contributed by atoms with Gasteiger partial charge in [0.05, 0.1) is 0 Å². The van der Waals surface area contributed by atoms with Gasteiger partial charge in [-0.25, -0.2) is 4.79 Å². The van der Waals surface area contributed by atoms with Gasteiger partial charge in [0.2, 0.25) is 11.1 Å². The number of aryl methyl sites for hydroxylation is 1. The Kier molecular flexibility index (Phi) is 7.05. The van der Waals surface area contributed by atoms with Crippen LogP contribution in [0.3, 0.4) is 0 Å². The summed E-state index contributed by atoms with van der Waals surface area (Å²) in [6.45, 7) is 3.19. The average molecular weight is 412 g/mol. The topological polar surface area (TPSA) is 107 Å². The molecule has 0 radical (unpaired) electrons. The van der Waals surface area contributed by atoms with Crippen LogP contribution >= 0.6 is 0 Å². The number of benzene rings is 1. The molecule has 3 N–H and O–H groups in total. The molecular formula is C23H29N3O4. The molecule has 1 fully saturated rings. The van der Waals surface area contributed by atoms with Gasteiger partial charge in [-0.1, -0.05) is 37.1 Å². The number of nitrogens with two attached hydrogens (primary N) is 1. The first-order chi connectivity index (χ1) is 14.4. The minimum atomic E-state index is -1.29. The van der Waals surface area contributed by atoms with Crippen molar-refractivity contribution in [3.05, 3.63) is 69.7 Å². The minimum absolute atomic E-state index is 0.0254. The molecule has 3 rings (SSSR count). The Bertz CT molecular complexity index is 975. The van der Waals surface area contributed by atoms with Crippen molar-refractivity contribution in [2.45, 2.75) is 45.6 Å². The summed E-state index contributed by atoms with van der Waals surface area (Å²) in [6, 6.07) is 8.08. The summed E-state index contributed by atoms with van der Waals surface area (Å²) >= 11 is 0. The number of aromatic nitrogens is 2. The lowest BCUT2D eigenvalue weighted by Crippen LogP contribution is -2.31. The minimum Gasteiger partial charge on any atom is -0.490 e. The first-order valence-corrected chi connectivity index (χ1v) is 10.3. The van der Waals surface area contributed by atoms with Crippen LogP contribution in [0.4, 0.5) is 0 Å². The van der Waals surface area contributed by atoms with Gasteiger partial charge in [0.15, 0.2) is 0 Å². The van der Waals surface area contributed by atoms with E-state index in [9.17, 15) is 14.7 Å². The van der Waals surface area contributed by atoms with Gasteiger partial charge in [-0.05, 0) is 49.3 Å². The summed E-state index contributed by atoms with van der Waals surface area (Å²) in [5.41, 5.74) is 6.06. The van der Waals surface area contributed by atoms with E-state index >= 15 is 0 Å². The zero-order chi connectivity index (χ0) is 21.6. The molecule has 0 aliphatic heterocycles. The molecule has 1 aromatic heterocycles. The van der Waals surface area contributed by atoms with Crippen LogP contribution in [0.25, 0.3) is 0 Å². The van der Waals surface area contributed by atoms with E-state index in [-0.39, 0.29) is 5.41 Å². The Morgan fingerprint density at radius 2 is 2.10 bits per heavy atom. The number of rotatable bonds is 9. The maximum Gasteiger partial charge on any atom is 0.360 e. The highest BCUT2D eigenvalue weighted by Crippen LogP contribution is 2.42. The van der Waals surface area contributed by atoms with Crippen LogP contribution in [0.1, 0.15) is 47.3 Å². The van der Waals surface area contributed by atoms with Gasteiger partial charge in [0.1, 0.15) is 12.4 Å². The summed E-state index contributed by atoms with van der Waals surface area (Å²) in [7, 11) is 0. The van der Waals surface area contributed by atoms with E-state index in [1.165, 1.54) is 5.56 Å². The molecule has 7 heteroatoms. The molecule has 1 aliphatic rings. The fourth-order valence-corrected chi connectivity index (χ4v) is 4.24. The molecular weight excluding hydrogens is 382 g/mol. The van der Waals surface area contributed by atoms with Crippen molar-refractivity contribution < 1.29 is 14.6 Å². The van der Waals surface area contributed by atoms with Gasteiger partial charge >= 0.3 is 5.97 Å². The van der Waals surface area contributed by atoms with Crippen LogP contribution in [0.2, 0.25) is 0 Å². The Balaban J connectivity index is 1.80. The number of hydrogen-bond acceptors (Lipinski definition) is 5. The number of ether oxygens (including phenoxy) is 1. The molecule has 160 valence electrons. The van der Waals surface area contributed by atoms with Crippen molar-refractivity contribution >= 4 is 5.97 Å². The largest absolute Gasteiger partial charge is 0.490 e. The molecule has 0 unspecified atom stereocenters. The lowest BCUT2D eigenvalue weighted by molar-refractivity contribution is 0.0684. The van der Waals surface area contributed by atoms with Gasteiger partial charge in [-0.15, -0.1) is 0 Å². The summed E-state index contributed by atoms with van der Waals surface area (Å²) in [5.74, 6) is -0.473. The van der Waals surface area contributed by atoms with Crippen molar-refractivity contribution in [2.24, 2.45) is 11.1 Å². The summed E-state index contributed by atoms with van der Waals surface area (Å²) < 4.78 is 7.42. The van der Waals surface area contributed by atoms with Gasteiger partial charge in [0, 0.05) is 24.8 Å². The summed E-state index contributed by atoms with van der Waals surface area (Å²) in [5, 5.41) is 13.4. The van der Waals surface area contributed by atoms with E-state index in [1.54, 1.807) is 17.8 Å². The quantitative estimate of drug-likeness (QED) is 0.614. The van der Waals surface area contributed by atoms with E-state index in [2.05, 4.69) is 17.2 Å². The molecule has 0 saturated heterocycles. The Labute approximate surface area is 176 Å². The van der Waals surface area contributed by atoms with Crippen LogP contribution in [0.5, 0.6) is 5.75 Å². The number of nitrogens with zero attached hydrogens (tertiary/aromatic N) is 2. The smallest absolute Gasteiger partial charge is 0.360 e. The van der Waals surface area contributed by atoms with Gasteiger partial charge < -0.3 is 15.6 Å². The SMILES string of the molecule is Cc1cn(CC2(Cc3cccc(OC/C=C/CN)c3)CCCC2)nc(C(=O)O)c1=O. The molecule has 30 heavy (non-hydrogen) atoms. The van der Waals surface area contributed by atoms with Crippen LogP contribution < -0.4 is 15.9 Å².